The monoisotopic (exact) mass is 374 g/mol. The number of hydrogen-bond acceptors (Lipinski definition) is 4. The van der Waals surface area contributed by atoms with E-state index in [0.29, 0.717) is 34.9 Å². The third-order valence-electron chi connectivity index (χ3n) is 4.18. The second-order valence-electron chi connectivity index (χ2n) is 6.69. The van der Waals surface area contributed by atoms with Crippen molar-refractivity contribution in [3.8, 4) is 5.75 Å². The van der Waals surface area contributed by atoms with E-state index in [9.17, 15) is 9.59 Å². The van der Waals surface area contributed by atoms with Gasteiger partial charge in [0.25, 0.3) is 0 Å². The molecule has 2 rings (SSSR count). The molecule has 0 saturated carbocycles. The first-order chi connectivity index (χ1) is 12.3. The summed E-state index contributed by atoms with van der Waals surface area (Å²) in [6.45, 7) is 4.21. The minimum absolute atomic E-state index is 0.0620. The first-order valence-corrected chi connectivity index (χ1v) is 8.83. The van der Waals surface area contributed by atoms with Crippen molar-refractivity contribution in [2.45, 2.75) is 26.7 Å². The van der Waals surface area contributed by atoms with E-state index in [1.807, 2.05) is 13.8 Å². The summed E-state index contributed by atoms with van der Waals surface area (Å²) < 4.78 is 10.5. The van der Waals surface area contributed by atoms with E-state index >= 15 is 0 Å². The number of rotatable bonds is 8. The van der Waals surface area contributed by atoms with Crippen molar-refractivity contribution in [3.63, 3.8) is 0 Å². The molecule has 0 radical (unpaired) electrons. The first-order valence-electron chi connectivity index (χ1n) is 8.45. The summed E-state index contributed by atoms with van der Waals surface area (Å²) in [5, 5.41) is 0.598. The Hall–Kier alpha value is -2.33. The molecule has 0 saturated heterocycles. The average molecular weight is 375 g/mol. The van der Waals surface area contributed by atoms with Gasteiger partial charge < -0.3 is 9.47 Å². The Labute approximate surface area is 159 Å². The molecule has 2 aromatic carbocycles. The molecular formula is C21H23ClO4. The number of carbonyl (C=O) groups excluding carboxylic acids is 2. The highest BCUT2D eigenvalue weighted by Gasteiger charge is 2.27. The molecule has 0 N–H and O–H groups in total. The Bertz CT molecular complexity index is 749. The van der Waals surface area contributed by atoms with Crippen LogP contribution in [-0.2, 0) is 9.53 Å². The van der Waals surface area contributed by atoms with Gasteiger partial charge in [-0.05, 0) is 75.2 Å². The van der Waals surface area contributed by atoms with Crippen LogP contribution in [-0.4, -0.2) is 25.5 Å². The highest BCUT2D eigenvalue weighted by Crippen LogP contribution is 2.24. The van der Waals surface area contributed by atoms with E-state index in [2.05, 4.69) is 0 Å². The van der Waals surface area contributed by atoms with Crippen molar-refractivity contribution < 1.29 is 19.1 Å². The van der Waals surface area contributed by atoms with Crippen molar-refractivity contribution in [3.05, 3.63) is 64.7 Å². The second-order valence-corrected chi connectivity index (χ2v) is 7.12. The third-order valence-corrected chi connectivity index (χ3v) is 4.43. The van der Waals surface area contributed by atoms with E-state index in [4.69, 9.17) is 21.1 Å². The lowest BCUT2D eigenvalue weighted by Gasteiger charge is -2.21. The topological polar surface area (TPSA) is 52.6 Å². The quantitative estimate of drug-likeness (QED) is 0.373. The second kappa shape index (κ2) is 8.86. The Morgan fingerprint density at radius 1 is 0.962 bits per heavy atom. The molecule has 4 nitrogen and oxygen atoms in total. The van der Waals surface area contributed by atoms with Crippen LogP contribution >= 0.6 is 11.6 Å². The molecule has 5 heteroatoms. The highest BCUT2D eigenvalue weighted by molar-refractivity contribution is 6.30. The van der Waals surface area contributed by atoms with E-state index in [1.165, 1.54) is 7.11 Å². The van der Waals surface area contributed by atoms with Gasteiger partial charge in [0.05, 0.1) is 19.1 Å². The molecule has 0 amide bonds. The minimum atomic E-state index is -0.521. The van der Waals surface area contributed by atoms with Crippen LogP contribution in [0.5, 0.6) is 5.75 Å². The largest absolute Gasteiger partial charge is 0.494 e. The lowest BCUT2D eigenvalue weighted by Crippen LogP contribution is -2.26. The van der Waals surface area contributed by atoms with Crippen LogP contribution in [0.3, 0.4) is 0 Å². The lowest BCUT2D eigenvalue weighted by atomic mass is 9.88. The summed E-state index contributed by atoms with van der Waals surface area (Å²) in [6, 6.07) is 13.8. The van der Waals surface area contributed by atoms with E-state index in [0.717, 1.165) is 6.42 Å². The number of esters is 1. The average Bonchev–Trinajstić information content (AvgIpc) is 2.65. The van der Waals surface area contributed by atoms with Crippen LogP contribution in [0.1, 0.15) is 42.6 Å². The van der Waals surface area contributed by atoms with Crippen molar-refractivity contribution in [1.29, 1.82) is 0 Å². The number of hydrogen-bond donors (Lipinski definition) is 0. The van der Waals surface area contributed by atoms with Crippen LogP contribution in [0, 0.1) is 5.41 Å². The van der Waals surface area contributed by atoms with E-state index < -0.39 is 5.41 Å². The Morgan fingerprint density at radius 3 is 2.04 bits per heavy atom. The minimum Gasteiger partial charge on any atom is -0.494 e. The number of ketones is 1. The van der Waals surface area contributed by atoms with Gasteiger partial charge in [0.15, 0.2) is 5.78 Å². The SMILES string of the molecule is COC(=O)C(C)(C)CCCOc1ccc(C(=O)c2ccc(Cl)cc2)cc1. The smallest absolute Gasteiger partial charge is 0.311 e. The van der Waals surface area contributed by atoms with Crippen molar-refractivity contribution in [2.24, 2.45) is 5.41 Å². The molecule has 0 aromatic heterocycles. The molecular weight excluding hydrogens is 352 g/mol. The fourth-order valence-electron chi connectivity index (χ4n) is 2.55. The number of halogens is 1. The fourth-order valence-corrected chi connectivity index (χ4v) is 2.68. The molecule has 0 bridgehead atoms. The molecule has 0 aliphatic heterocycles. The maximum Gasteiger partial charge on any atom is 0.311 e. The summed E-state index contributed by atoms with van der Waals surface area (Å²) in [5.41, 5.74) is 0.659. The highest BCUT2D eigenvalue weighted by atomic mass is 35.5. The van der Waals surface area contributed by atoms with Gasteiger partial charge in [0, 0.05) is 16.1 Å². The van der Waals surface area contributed by atoms with Crippen molar-refractivity contribution in [1.82, 2.24) is 0 Å². The predicted molar refractivity (Wildman–Crippen MR) is 102 cm³/mol. The van der Waals surface area contributed by atoms with Gasteiger partial charge in [-0.25, -0.2) is 0 Å². The van der Waals surface area contributed by atoms with Gasteiger partial charge >= 0.3 is 5.97 Å². The number of carbonyl (C=O) groups is 2. The zero-order valence-electron chi connectivity index (χ0n) is 15.3. The molecule has 2 aromatic rings. The lowest BCUT2D eigenvalue weighted by molar-refractivity contribution is -0.151. The van der Waals surface area contributed by atoms with Crippen LogP contribution in [0.25, 0.3) is 0 Å². The molecule has 0 fully saturated rings. The Kier molecular flexibility index (Phi) is 6.81. The van der Waals surface area contributed by atoms with E-state index in [1.54, 1.807) is 48.5 Å². The molecule has 0 heterocycles. The molecule has 0 aliphatic carbocycles. The zero-order valence-corrected chi connectivity index (χ0v) is 16.0. The van der Waals surface area contributed by atoms with Gasteiger partial charge in [-0.15, -0.1) is 0 Å². The molecule has 0 aliphatic rings. The zero-order chi connectivity index (χ0) is 19.2. The summed E-state index contributed by atoms with van der Waals surface area (Å²) in [7, 11) is 1.40. The Balaban J connectivity index is 1.87. The van der Waals surface area contributed by atoms with E-state index in [-0.39, 0.29) is 11.8 Å². The number of benzene rings is 2. The number of ether oxygens (including phenoxy) is 2. The summed E-state index contributed by atoms with van der Waals surface area (Å²) in [6.07, 6.45) is 1.40. The fraction of sp³-hybridized carbons (Fsp3) is 0.333. The molecule has 138 valence electrons. The van der Waals surface area contributed by atoms with Crippen molar-refractivity contribution in [2.75, 3.05) is 13.7 Å². The van der Waals surface area contributed by atoms with Crippen LogP contribution in [0.4, 0.5) is 0 Å². The van der Waals surface area contributed by atoms with Gasteiger partial charge in [-0.1, -0.05) is 11.6 Å². The number of methoxy groups -OCH3 is 1. The van der Waals surface area contributed by atoms with Gasteiger partial charge in [0.1, 0.15) is 5.75 Å². The molecule has 0 unspecified atom stereocenters. The molecule has 0 spiro atoms. The maximum absolute atomic E-state index is 12.4. The normalized spacial score (nSPS) is 11.1. The maximum atomic E-state index is 12.4. The molecule has 0 atom stereocenters. The van der Waals surface area contributed by atoms with Crippen LogP contribution in [0.15, 0.2) is 48.5 Å². The summed E-state index contributed by atoms with van der Waals surface area (Å²) in [4.78, 5) is 24.0. The summed E-state index contributed by atoms with van der Waals surface area (Å²) >= 11 is 5.84. The predicted octanol–water partition coefficient (Wildman–Crippen LogP) is 4.93. The van der Waals surface area contributed by atoms with Gasteiger partial charge in [-0.3, -0.25) is 9.59 Å². The van der Waals surface area contributed by atoms with Crippen LogP contribution in [0.2, 0.25) is 5.02 Å². The first kappa shape index (κ1) is 20.0. The van der Waals surface area contributed by atoms with Crippen LogP contribution < -0.4 is 4.74 Å². The summed E-state index contributed by atoms with van der Waals surface area (Å²) in [5.74, 6) is 0.407. The van der Waals surface area contributed by atoms with Crippen molar-refractivity contribution >= 4 is 23.4 Å². The standard InChI is InChI=1S/C21H23ClO4/c1-21(2,20(24)25-3)13-4-14-26-18-11-7-16(8-12-18)19(23)15-5-9-17(22)10-6-15/h5-12H,4,13-14H2,1-3H3. The third kappa shape index (κ3) is 5.33. The van der Waals surface area contributed by atoms with Gasteiger partial charge in [-0.2, -0.15) is 0 Å². The Morgan fingerprint density at radius 2 is 1.50 bits per heavy atom. The van der Waals surface area contributed by atoms with Gasteiger partial charge in [0.2, 0.25) is 0 Å². The molecule has 26 heavy (non-hydrogen) atoms.